The zero-order chi connectivity index (χ0) is 21.2. The van der Waals surface area contributed by atoms with Gasteiger partial charge >= 0.3 is 0 Å². The molecule has 7 heteroatoms. The van der Waals surface area contributed by atoms with Gasteiger partial charge in [-0.15, -0.1) is 0 Å². The van der Waals surface area contributed by atoms with Crippen LogP contribution in [0, 0.1) is 0 Å². The Hall–Kier alpha value is -2.48. The van der Waals surface area contributed by atoms with Gasteiger partial charge in [-0.3, -0.25) is 0 Å². The van der Waals surface area contributed by atoms with Gasteiger partial charge in [0.25, 0.3) is 0 Å². The molecule has 0 fully saturated rings. The monoisotopic (exact) mass is 414 g/mol. The zero-order valence-corrected chi connectivity index (χ0v) is 17.4. The highest BCUT2D eigenvalue weighted by Crippen LogP contribution is 2.41. The van der Waals surface area contributed by atoms with Crippen molar-refractivity contribution in [3.8, 4) is 5.75 Å². The maximum Gasteiger partial charge on any atom is 0.209 e. The van der Waals surface area contributed by atoms with E-state index >= 15 is 0 Å². The van der Waals surface area contributed by atoms with Crippen LogP contribution in [0.1, 0.15) is 37.0 Å². The normalized spacial score (nSPS) is 15.9. The lowest BCUT2D eigenvalue weighted by atomic mass is 9.80. The third-order valence-corrected chi connectivity index (χ3v) is 6.11. The van der Waals surface area contributed by atoms with Crippen LogP contribution in [-0.2, 0) is 22.1 Å². The van der Waals surface area contributed by atoms with Crippen molar-refractivity contribution >= 4 is 27.6 Å². The summed E-state index contributed by atoms with van der Waals surface area (Å²) in [6, 6.07) is 13.1. The minimum Gasteiger partial charge on any atom is -0.748 e. The van der Waals surface area contributed by atoms with Crippen molar-refractivity contribution < 1.29 is 22.7 Å². The fraction of sp³-hybridized carbons (Fsp3) is 0.318. The predicted molar refractivity (Wildman–Crippen MR) is 113 cm³/mol. The fourth-order valence-corrected chi connectivity index (χ4v) is 4.27. The first-order valence-corrected chi connectivity index (χ1v) is 11.1. The van der Waals surface area contributed by atoms with Gasteiger partial charge in [0.15, 0.2) is 5.71 Å². The maximum absolute atomic E-state index is 11.1. The molecule has 6 nitrogen and oxygen atoms in total. The number of aromatic hydroxyl groups is 1. The van der Waals surface area contributed by atoms with Crippen molar-refractivity contribution in [2.75, 3.05) is 12.3 Å². The number of allylic oxidation sites excluding steroid dienone is 1. The van der Waals surface area contributed by atoms with Crippen molar-refractivity contribution in [3.63, 3.8) is 0 Å². The topological polar surface area (TPSA) is 106 Å². The molecule has 1 aliphatic rings. The van der Waals surface area contributed by atoms with Crippen LogP contribution >= 0.6 is 0 Å². The number of fused-ring (bicyclic) bond motifs is 1. The summed E-state index contributed by atoms with van der Waals surface area (Å²) in [6.07, 6.45) is 4.02. The molecule has 0 atom stereocenters. The molecule has 2 aromatic carbocycles. The SMILES string of the molecule is CC1(C)C(/C=C/c2ccccc2O)=[N+](CCCS(=O)(=O)[O-])c2ccc(CN)cc21. The molecule has 0 saturated heterocycles. The van der Waals surface area contributed by atoms with Gasteiger partial charge in [0.2, 0.25) is 5.69 Å². The molecule has 0 amide bonds. The summed E-state index contributed by atoms with van der Waals surface area (Å²) in [7, 11) is -4.26. The molecule has 0 aromatic heterocycles. The van der Waals surface area contributed by atoms with Gasteiger partial charge in [-0.1, -0.05) is 24.3 Å². The van der Waals surface area contributed by atoms with E-state index < -0.39 is 15.9 Å². The van der Waals surface area contributed by atoms with Crippen LogP contribution in [0.4, 0.5) is 5.69 Å². The van der Waals surface area contributed by atoms with Crippen LogP contribution in [0.2, 0.25) is 0 Å². The molecule has 0 spiro atoms. The van der Waals surface area contributed by atoms with E-state index in [0.29, 0.717) is 18.7 Å². The van der Waals surface area contributed by atoms with Gasteiger partial charge in [-0.2, -0.15) is 4.58 Å². The summed E-state index contributed by atoms with van der Waals surface area (Å²) in [5.74, 6) is -0.219. The van der Waals surface area contributed by atoms with E-state index in [1.807, 2.05) is 36.4 Å². The maximum atomic E-state index is 11.1. The molecule has 0 saturated carbocycles. The van der Waals surface area contributed by atoms with Crippen LogP contribution in [0.15, 0.2) is 48.5 Å². The molecular weight excluding hydrogens is 388 g/mol. The van der Waals surface area contributed by atoms with Gasteiger partial charge in [0.05, 0.1) is 15.5 Å². The number of nitrogens with zero attached hydrogens (tertiary/aromatic N) is 1. The number of rotatable bonds is 7. The second-order valence-corrected chi connectivity index (χ2v) is 9.25. The van der Waals surface area contributed by atoms with Gasteiger partial charge < -0.3 is 15.4 Å². The van der Waals surface area contributed by atoms with Crippen LogP contribution in [0.25, 0.3) is 6.08 Å². The number of phenolic OH excluding ortho intramolecular Hbond substituents is 1. The molecule has 0 bridgehead atoms. The Bertz CT molecular complexity index is 1090. The summed E-state index contributed by atoms with van der Waals surface area (Å²) in [4.78, 5) is 0. The number of benzene rings is 2. The average molecular weight is 415 g/mol. The lowest BCUT2D eigenvalue weighted by Crippen LogP contribution is -2.28. The third-order valence-electron chi connectivity index (χ3n) is 5.33. The highest BCUT2D eigenvalue weighted by Gasteiger charge is 2.44. The molecule has 0 unspecified atom stereocenters. The zero-order valence-electron chi connectivity index (χ0n) is 16.6. The largest absolute Gasteiger partial charge is 0.748 e. The first-order valence-electron chi connectivity index (χ1n) is 9.51. The van der Waals surface area contributed by atoms with Gasteiger partial charge in [0, 0.05) is 42.0 Å². The van der Waals surface area contributed by atoms with Crippen LogP contribution < -0.4 is 5.73 Å². The Balaban J connectivity index is 2.05. The summed E-state index contributed by atoms with van der Waals surface area (Å²) in [5.41, 5.74) is 10.2. The molecule has 0 radical (unpaired) electrons. The summed E-state index contributed by atoms with van der Waals surface area (Å²) >= 11 is 0. The van der Waals surface area contributed by atoms with E-state index in [0.717, 1.165) is 22.5 Å². The Labute approximate surface area is 171 Å². The first kappa shape index (κ1) is 21.2. The van der Waals surface area contributed by atoms with Crippen LogP contribution in [0.5, 0.6) is 5.75 Å². The summed E-state index contributed by atoms with van der Waals surface area (Å²) in [6.45, 7) is 5.03. The van der Waals surface area contributed by atoms with Crippen LogP contribution in [-0.4, -0.2) is 40.7 Å². The van der Waals surface area contributed by atoms with E-state index in [1.165, 1.54) is 0 Å². The number of hydrogen-bond donors (Lipinski definition) is 2. The molecule has 2 aromatic rings. The van der Waals surface area contributed by atoms with Crippen molar-refractivity contribution in [1.82, 2.24) is 0 Å². The Morgan fingerprint density at radius 2 is 1.90 bits per heavy atom. The van der Waals surface area contributed by atoms with Crippen molar-refractivity contribution in [2.24, 2.45) is 5.73 Å². The lowest BCUT2D eigenvalue weighted by molar-refractivity contribution is -0.437. The van der Waals surface area contributed by atoms with Crippen molar-refractivity contribution in [3.05, 3.63) is 65.2 Å². The van der Waals surface area contributed by atoms with Gasteiger partial charge in [-0.05, 0) is 37.6 Å². The molecule has 3 N–H and O–H groups in total. The summed E-state index contributed by atoms with van der Waals surface area (Å²) in [5, 5.41) is 10.1. The van der Waals surface area contributed by atoms with E-state index in [1.54, 1.807) is 12.1 Å². The predicted octanol–water partition coefficient (Wildman–Crippen LogP) is 2.88. The standard InChI is InChI=1S/C22H26N2O4S/c1-22(2)18-14-16(15-23)8-10-19(18)24(12-5-13-29(26,27)28)21(22)11-9-17-6-3-4-7-20(17)25/h3-4,6-11,14H,5,12-13,15,23H2,1-2H3,(H,26,27,28). The van der Waals surface area contributed by atoms with E-state index in [2.05, 4.69) is 24.5 Å². The molecule has 154 valence electrons. The second kappa shape index (κ2) is 8.10. The molecule has 1 heterocycles. The molecule has 29 heavy (non-hydrogen) atoms. The number of para-hydroxylation sites is 1. The van der Waals surface area contributed by atoms with Crippen molar-refractivity contribution in [2.45, 2.75) is 32.2 Å². The third kappa shape index (κ3) is 4.58. The van der Waals surface area contributed by atoms with Crippen LogP contribution in [0.3, 0.4) is 0 Å². The fourth-order valence-electron chi connectivity index (χ4n) is 3.79. The minimum absolute atomic E-state index is 0.187. The average Bonchev–Trinajstić information content (AvgIpc) is 2.86. The summed E-state index contributed by atoms with van der Waals surface area (Å²) < 4.78 is 35.2. The van der Waals surface area contributed by atoms with E-state index in [9.17, 15) is 18.1 Å². The number of nitrogens with two attached hydrogens (primary N) is 1. The van der Waals surface area contributed by atoms with E-state index in [-0.39, 0.29) is 17.6 Å². The van der Waals surface area contributed by atoms with Gasteiger partial charge in [-0.25, -0.2) is 8.42 Å². The van der Waals surface area contributed by atoms with E-state index in [4.69, 9.17) is 5.73 Å². The molecule has 1 aliphatic heterocycles. The number of hydrogen-bond acceptors (Lipinski definition) is 5. The first-order chi connectivity index (χ1) is 13.6. The highest BCUT2D eigenvalue weighted by atomic mass is 32.2. The number of phenols is 1. The Kier molecular flexibility index (Phi) is 5.93. The minimum atomic E-state index is -4.26. The van der Waals surface area contributed by atoms with Gasteiger partial charge in [0.1, 0.15) is 12.3 Å². The molecule has 0 aliphatic carbocycles. The smallest absolute Gasteiger partial charge is 0.209 e. The Morgan fingerprint density at radius 3 is 2.55 bits per heavy atom. The molecular formula is C22H26N2O4S. The highest BCUT2D eigenvalue weighted by molar-refractivity contribution is 7.85. The Morgan fingerprint density at radius 1 is 1.17 bits per heavy atom. The molecule has 3 rings (SSSR count). The quantitative estimate of drug-likeness (QED) is 0.535. The van der Waals surface area contributed by atoms with Crippen molar-refractivity contribution in [1.29, 1.82) is 0 Å². The second-order valence-electron chi connectivity index (χ2n) is 7.73. The lowest BCUT2D eigenvalue weighted by Gasteiger charge is -2.16.